The largest absolute Gasteiger partial charge is 0.503 e. The maximum absolute atomic E-state index is 13.9. The number of benzene rings is 2. The highest BCUT2D eigenvalue weighted by molar-refractivity contribution is 8.00. The van der Waals surface area contributed by atoms with Crippen LogP contribution in [0.1, 0.15) is 37.5 Å². The quantitative estimate of drug-likeness (QED) is 0.130. The number of halogens is 1. The summed E-state index contributed by atoms with van der Waals surface area (Å²) in [7, 11) is 4.38. The van der Waals surface area contributed by atoms with Crippen LogP contribution in [0.4, 0.5) is 9.52 Å². The number of rotatable bonds is 10. The van der Waals surface area contributed by atoms with Crippen LogP contribution in [0, 0.1) is 19.7 Å². The van der Waals surface area contributed by atoms with Gasteiger partial charge >= 0.3 is 0 Å². The number of aryl methyl sites for hydroxylation is 2. The first-order chi connectivity index (χ1) is 20.2. The number of hydrogen-bond acceptors (Lipinski definition) is 12. The molecule has 1 N–H and O–H groups in total. The number of amides is 1. The van der Waals surface area contributed by atoms with Crippen molar-refractivity contribution in [3.05, 3.63) is 80.3 Å². The number of aromatic nitrogens is 3. The highest BCUT2D eigenvalue weighted by atomic mass is 32.2. The fraction of sp³-hybridized carbons (Fsp3) is 0.250. The molecule has 1 atom stereocenters. The molecule has 10 nitrogen and oxygen atoms in total. The maximum Gasteiger partial charge on any atom is 0.296 e. The first kappa shape index (κ1) is 29.5. The number of thioether (sulfide) groups is 1. The van der Waals surface area contributed by atoms with E-state index < -0.39 is 23.5 Å². The molecule has 2 aromatic heterocycles. The Bertz CT molecular complexity index is 1680. The predicted molar refractivity (Wildman–Crippen MR) is 158 cm³/mol. The molecule has 1 amide bonds. The first-order valence-electron chi connectivity index (χ1n) is 12.4. The zero-order chi connectivity index (χ0) is 30.1. The number of ether oxygens (including phenoxy) is 3. The van der Waals surface area contributed by atoms with Crippen LogP contribution in [0.25, 0.3) is 0 Å². The Morgan fingerprint density at radius 1 is 1.05 bits per heavy atom. The van der Waals surface area contributed by atoms with E-state index in [0.29, 0.717) is 48.5 Å². The minimum Gasteiger partial charge on any atom is -0.503 e. The molecule has 0 spiro atoms. The average molecular weight is 629 g/mol. The molecule has 218 valence electrons. The second-order valence-electron chi connectivity index (χ2n) is 9.04. The lowest BCUT2D eigenvalue weighted by Crippen LogP contribution is -2.31. The fourth-order valence-electron chi connectivity index (χ4n) is 4.56. The predicted octanol–water partition coefficient (Wildman–Crippen LogP) is 5.85. The van der Waals surface area contributed by atoms with Crippen LogP contribution in [0.3, 0.4) is 0 Å². The number of hydrogen-bond donors (Lipinski definition) is 1. The lowest BCUT2D eigenvalue weighted by atomic mass is 9.94. The number of methoxy groups -OCH3 is 3. The molecule has 5 rings (SSSR count). The van der Waals surface area contributed by atoms with Crippen LogP contribution in [0.2, 0.25) is 0 Å². The lowest BCUT2D eigenvalue weighted by Gasteiger charge is -2.25. The van der Waals surface area contributed by atoms with Gasteiger partial charge in [-0.15, -0.1) is 21.5 Å². The number of carbonyl (C=O) groups excluding carboxylic acids is 2. The molecular formula is C28H25FN4O6S3. The van der Waals surface area contributed by atoms with Gasteiger partial charge in [0.2, 0.25) is 16.7 Å². The van der Waals surface area contributed by atoms with Crippen molar-refractivity contribution in [3.8, 4) is 17.2 Å². The van der Waals surface area contributed by atoms with Gasteiger partial charge < -0.3 is 19.3 Å². The molecule has 0 fully saturated rings. The third kappa shape index (κ3) is 5.44. The summed E-state index contributed by atoms with van der Waals surface area (Å²) in [6.45, 7) is 3.48. The van der Waals surface area contributed by atoms with Crippen LogP contribution in [-0.2, 0) is 10.5 Å². The number of nitrogens with zero attached hydrogens (tertiary/aromatic N) is 4. The molecule has 0 saturated heterocycles. The van der Waals surface area contributed by atoms with Crippen molar-refractivity contribution in [2.75, 3.05) is 26.2 Å². The Labute approximate surface area is 252 Å². The zero-order valence-corrected chi connectivity index (χ0v) is 25.6. The second kappa shape index (κ2) is 12.1. The van der Waals surface area contributed by atoms with E-state index in [4.69, 9.17) is 14.2 Å². The fourth-order valence-corrected chi connectivity index (χ4v) is 7.25. The summed E-state index contributed by atoms with van der Waals surface area (Å²) in [6.07, 6.45) is 0. The highest BCUT2D eigenvalue weighted by Gasteiger charge is 2.47. The minimum absolute atomic E-state index is 0.128. The van der Waals surface area contributed by atoms with E-state index in [2.05, 4.69) is 15.2 Å². The maximum atomic E-state index is 13.9. The van der Waals surface area contributed by atoms with Gasteiger partial charge in [0.05, 0.1) is 48.5 Å². The molecule has 1 aliphatic rings. The van der Waals surface area contributed by atoms with E-state index in [-0.39, 0.29) is 16.5 Å². The summed E-state index contributed by atoms with van der Waals surface area (Å²) < 4.78 is 30.3. The van der Waals surface area contributed by atoms with Gasteiger partial charge in [0.25, 0.3) is 5.91 Å². The number of Topliss-reactive ketones (excluding diaryl/α,β-unsaturated/α-hetero) is 1. The summed E-state index contributed by atoms with van der Waals surface area (Å²) in [4.78, 5) is 33.5. The average Bonchev–Trinajstić information content (AvgIpc) is 3.66. The minimum atomic E-state index is -1.09. The molecule has 0 bridgehead atoms. The highest BCUT2D eigenvalue weighted by Crippen LogP contribution is 2.48. The molecule has 0 aliphatic carbocycles. The van der Waals surface area contributed by atoms with Crippen molar-refractivity contribution in [1.29, 1.82) is 0 Å². The molecule has 14 heteroatoms. The van der Waals surface area contributed by atoms with Crippen molar-refractivity contribution in [1.82, 2.24) is 15.2 Å². The number of ketones is 1. The molecule has 0 saturated carbocycles. The van der Waals surface area contributed by atoms with Gasteiger partial charge in [-0.25, -0.2) is 9.37 Å². The van der Waals surface area contributed by atoms with Gasteiger partial charge in [0.1, 0.15) is 5.82 Å². The van der Waals surface area contributed by atoms with Crippen LogP contribution in [0.5, 0.6) is 17.2 Å². The Hall–Kier alpha value is -4.01. The zero-order valence-electron chi connectivity index (χ0n) is 23.1. The van der Waals surface area contributed by atoms with E-state index in [1.54, 1.807) is 38.1 Å². The van der Waals surface area contributed by atoms with E-state index in [1.807, 2.05) is 0 Å². The molecule has 42 heavy (non-hydrogen) atoms. The third-order valence-electron chi connectivity index (χ3n) is 6.44. The molecule has 1 unspecified atom stereocenters. The smallest absolute Gasteiger partial charge is 0.296 e. The molecular weight excluding hydrogens is 604 g/mol. The Balaban J connectivity index is 1.59. The van der Waals surface area contributed by atoms with Crippen molar-refractivity contribution < 1.29 is 33.3 Å². The van der Waals surface area contributed by atoms with Crippen molar-refractivity contribution in [2.45, 2.75) is 30.0 Å². The van der Waals surface area contributed by atoms with Gasteiger partial charge in [-0.3, -0.25) is 14.5 Å². The number of anilines is 1. The first-order valence-corrected chi connectivity index (χ1v) is 15.0. The molecule has 0 radical (unpaired) electrons. The van der Waals surface area contributed by atoms with E-state index in [1.165, 1.54) is 61.5 Å². The monoisotopic (exact) mass is 628 g/mol. The number of thiazole rings is 1. The van der Waals surface area contributed by atoms with E-state index >= 15 is 0 Å². The molecule has 4 aromatic rings. The lowest BCUT2D eigenvalue weighted by molar-refractivity contribution is -0.117. The van der Waals surface area contributed by atoms with Gasteiger partial charge in [-0.05, 0) is 49.2 Å². The Kier molecular flexibility index (Phi) is 8.48. The third-order valence-corrected chi connectivity index (χ3v) is 9.64. The standard InChI is InChI=1S/C28H25FN4O6S3/c1-13-25(41-14(2)30-13)22(34)20-21(16-10-18(37-3)24(39-5)19(11-16)38-4)33(26(36)23(20)35)27-31-32-28(42-27)40-12-15-6-8-17(29)9-7-15/h6-11,21,35H,12H2,1-5H3. The summed E-state index contributed by atoms with van der Waals surface area (Å²) in [6, 6.07) is 8.26. The topological polar surface area (TPSA) is 124 Å². The van der Waals surface area contributed by atoms with Gasteiger partial charge in [0, 0.05) is 5.75 Å². The Morgan fingerprint density at radius 2 is 1.71 bits per heavy atom. The second-order valence-corrected chi connectivity index (χ2v) is 12.4. The van der Waals surface area contributed by atoms with Crippen LogP contribution >= 0.6 is 34.4 Å². The number of carbonyl (C=O) groups is 2. The van der Waals surface area contributed by atoms with Crippen LogP contribution in [0.15, 0.2) is 52.1 Å². The van der Waals surface area contributed by atoms with Gasteiger partial charge in [0.15, 0.2) is 21.6 Å². The summed E-state index contributed by atoms with van der Waals surface area (Å²) >= 11 is 3.67. The van der Waals surface area contributed by atoms with Crippen molar-refractivity contribution in [2.24, 2.45) is 0 Å². The molecule has 3 heterocycles. The van der Waals surface area contributed by atoms with Crippen molar-refractivity contribution in [3.63, 3.8) is 0 Å². The summed E-state index contributed by atoms with van der Waals surface area (Å²) in [5, 5.41) is 20.5. The van der Waals surface area contributed by atoms with Gasteiger partial charge in [-0.2, -0.15) is 0 Å². The van der Waals surface area contributed by atoms with Gasteiger partial charge in [-0.1, -0.05) is 35.2 Å². The van der Waals surface area contributed by atoms with E-state index in [9.17, 15) is 19.1 Å². The molecule has 2 aromatic carbocycles. The number of aliphatic hydroxyl groups excluding tert-OH is 1. The van der Waals surface area contributed by atoms with Crippen molar-refractivity contribution >= 4 is 51.3 Å². The normalized spacial score (nSPS) is 15.0. The van der Waals surface area contributed by atoms with Crippen LogP contribution < -0.4 is 19.1 Å². The number of aliphatic hydroxyl groups is 1. The SMILES string of the molecule is COc1cc(C2C(C(=O)c3sc(C)nc3C)=C(O)C(=O)N2c2nnc(SCc3ccc(F)cc3)s2)cc(OC)c1OC. The summed E-state index contributed by atoms with van der Waals surface area (Å²) in [5.74, 6) is -0.928. The Morgan fingerprint density at radius 3 is 2.29 bits per heavy atom. The molecule has 1 aliphatic heterocycles. The van der Waals surface area contributed by atoms with E-state index in [0.717, 1.165) is 16.9 Å². The summed E-state index contributed by atoms with van der Waals surface area (Å²) in [5.41, 5.74) is 1.66. The van der Waals surface area contributed by atoms with Crippen LogP contribution in [-0.4, -0.2) is 53.3 Å².